The highest BCUT2D eigenvalue weighted by molar-refractivity contribution is 5.46. The molecule has 0 aliphatic carbocycles. The number of hydrogen-bond acceptors (Lipinski definition) is 4. The number of hydrogen-bond donors (Lipinski definition) is 1. The summed E-state index contributed by atoms with van der Waals surface area (Å²) in [7, 11) is 1.60. The molecule has 0 amide bonds. The first-order valence-corrected chi connectivity index (χ1v) is 6.97. The van der Waals surface area contributed by atoms with Crippen molar-refractivity contribution >= 4 is 0 Å². The molecule has 0 unspecified atom stereocenters. The van der Waals surface area contributed by atoms with Crippen molar-refractivity contribution in [2.75, 3.05) is 33.4 Å². The molecule has 20 heavy (non-hydrogen) atoms. The fourth-order valence-electron chi connectivity index (χ4n) is 2.24. The zero-order valence-electron chi connectivity index (χ0n) is 11.8. The van der Waals surface area contributed by atoms with Gasteiger partial charge in [-0.25, -0.2) is 0 Å². The van der Waals surface area contributed by atoms with Gasteiger partial charge in [0, 0.05) is 6.07 Å². The van der Waals surface area contributed by atoms with E-state index in [1.165, 1.54) is 0 Å². The molecule has 1 aliphatic heterocycles. The summed E-state index contributed by atoms with van der Waals surface area (Å²) < 4.78 is 16.6. The van der Waals surface area contributed by atoms with Crippen molar-refractivity contribution in [1.82, 2.24) is 0 Å². The minimum absolute atomic E-state index is 0.333. The summed E-state index contributed by atoms with van der Waals surface area (Å²) in [5.74, 6) is 1.29. The van der Waals surface area contributed by atoms with Crippen LogP contribution in [0.25, 0.3) is 0 Å². The Morgan fingerprint density at radius 1 is 1.45 bits per heavy atom. The van der Waals surface area contributed by atoms with E-state index in [4.69, 9.17) is 19.5 Å². The van der Waals surface area contributed by atoms with Crippen LogP contribution in [-0.4, -0.2) is 39.5 Å². The van der Waals surface area contributed by atoms with E-state index in [0.717, 1.165) is 32.5 Å². The van der Waals surface area contributed by atoms with E-state index in [1.54, 1.807) is 25.3 Å². The first-order valence-electron chi connectivity index (χ1n) is 6.97. The monoisotopic (exact) mass is 277 g/mol. The van der Waals surface area contributed by atoms with Gasteiger partial charge in [0.25, 0.3) is 0 Å². The van der Waals surface area contributed by atoms with Gasteiger partial charge in [0.1, 0.15) is 12.6 Å². The molecule has 2 rings (SSSR count). The molecule has 1 heterocycles. The highest BCUT2D eigenvalue weighted by Gasteiger charge is 2.15. The van der Waals surface area contributed by atoms with Crippen LogP contribution in [0.5, 0.6) is 11.5 Å². The minimum Gasteiger partial charge on any atom is -0.493 e. The van der Waals surface area contributed by atoms with Gasteiger partial charge in [0.05, 0.1) is 38.5 Å². The Balaban J connectivity index is 1.79. The lowest BCUT2D eigenvalue weighted by atomic mass is 10.2. The van der Waals surface area contributed by atoms with Gasteiger partial charge < -0.3 is 19.5 Å². The highest BCUT2D eigenvalue weighted by atomic mass is 16.5. The summed E-state index contributed by atoms with van der Waals surface area (Å²) in [6, 6.07) is 7.29. The second-order valence-electron chi connectivity index (χ2n) is 4.77. The Morgan fingerprint density at radius 3 is 3.05 bits per heavy atom. The number of morpholine rings is 1. The third-order valence-corrected chi connectivity index (χ3v) is 3.33. The second kappa shape index (κ2) is 7.73. The van der Waals surface area contributed by atoms with Gasteiger partial charge in [-0.15, -0.1) is 0 Å². The summed E-state index contributed by atoms with van der Waals surface area (Å²) in [6.45, 7) is 3.53. The lowest BCUT2D eigenvalue weighted by Crippen LogP contribution is -2.89. The Kier molecular flexibility index (Phi) is 5.66. The summed E-state index contributed by atoms with van der Waals surface area (Å²) in [5, 5.41) is 11.2. The molecule has 0 spiro atoms. The average molecular weight is 277 g/mol. The zero-order chi connectivity index (χ0) is 14.2. The first kappa shape index (κ1) is 14.6. The first-order chi connectivity index (χ1) is 9.83. The number of quaternary nitrogens is 1. The highest BCUT2D eigenvalue weighted by Crippen LogP contribution is 2.28. The van der Waals surface area contributed by atoms with Gasteiger partial charge in [-0.2, -0.15) is 5.26 Å². The second-order valence-corrected chi connectivity index (χ2v) is 4.77. The SMILES string of the molecule is COc1ccc(C#N)cc1OCCC[C@@H]1C[NH2+]CCO1. The Hall–Kier alpha value is -1.77. The standard InChI is InChI=1S/C15H20N2O3/c1-18-14-5-4-12(10-16)9-15(14)20-7-2-3-13-11-17-6-8-19-13/h4-5,9,13,17H,2-3,6-8,11H2,1H3/p+1/t13-/m1/s1. The van der Waals surface area contributed by atoms with Crippen LogP contribution in [-0.2, 0) is 4.74 Å². The van der Waals surface area contributed by atoms with E-state index in [2.05, 4.69) is 11.4 Å². The maximum absolute atomic E-state index is 8.90. The van der Waals surface area contributed by atoms with Gasteiger partial charge in [-0.05, 0) is 25.0 Å². The van der Waals surface area contributed by atoms with Crippen LogP contribution in [0.15, 0.2) is 18.2 Å². The molecule has 1 aromatic carbocycles. The maximum atomic E-state index is 8.90. The summed E-state index contributed by atoms with van der Waals surface area (Å²) in [5.41, 5.74) is 0.575. The Morgan fingerprint density at radius 2 is 2.35 bits per heavy atom. The number of ether oxygens (including phenoxy) is 3. The third kappa shape index (κ3) is 4.12. The summed E-state index contributed by atoms with van der Waals surface area (Å²) >= 11 is 0. The van der Waals surface area contributed by atoms with Crippen molar-refractivity contribution < 1.29 is 19.5 Å². The summed E-state index contributed by atoms with van der Waals surface area (Å²) in [6.07, 6.45) is 2.26. The number of methoxy groups -OCH3 is 1. The maximum Gasteiger partial charge on any atom is 0.162 e. The van der Waals surface area contributed by atoms with Crippen molar-refractivity contribution in [1.29, 1.82) is 5.26 Å². The smallest absolute Gasteiger partial charge is 0.162 e. The fraction of sp³-hybridized carbons (Fsp3) is 0.533. The molecular weight excluding hydrogens is 256 g/mol. The van der Waals surface area contributed by atoms with Gasteiger partial charge in [0.15, 0.2) is 11.5 Å². The molecule has 108 valence electrons. The molecule has 1 aromatic rings. The lowest BCUT2D eigenvalue weighted by Gasteiger charge is -2.20. The van der Waals surface area contributed by atoms with Crippen LogP contribution in [0, 0.1) is 11.3 Å². The number of nitrogens with zero attached hydrogens (tertiary/aromatic N) is 1. The number of rotatable bonds is 6. The van der Waals surface area contributed by atoms with Gasteiger partial charge in [0.2, 0.25) is 0 Å². The molecule has 5 heteroatoms. The quantitative estimate of drug-likeness (QED) is 0.777. The molecule has 1 aliphatic rings. The molecule has 1 fully saturated rings. The molecule has 2 N–H and O–H groups in total. The van der Waals surface area contributed by atoms with Crippen molar-refractivity contribution in [3.05, 3.63) is 23.8 Å². The summed E-state index contributed by atoms with van der Waals surface area (Å²) in [4.78, 5) is 0. The Labute approximate surface area is 119 Å². The zero-order valence-corrected chi connectivity index (χ0v) is 11.8. The van der Waals surface area contributed by atoms with Crippen molar-refractivity contribution in [2.24, 2.45) is 0 Å². The molecule has 0 radical (unpaired) electrons. The van der Waals surface area contributed by atoms with Crippen molar-refractivity contribution in [3.63, 3.8) is 0 Å². The lowest BCUT2D eigenvalue weighted by molar-refractivity contribution is -0.677. The van der Waals surface area contributed by atoms with Crippen LogP contribution in [0.3, 0.4) is 0 Å². The van der Waals surface area contributed by atoms with Gasteiger partial charge in [-0.3, -0.25) is 0 Å². The van der Waals surface area contributed by atoms with Crippen LogP contribution in [0.1, 0.15) is 18.4 Å². The topological polar surface area (TPSA) is 68.1 Å². The normalized spacial score (nSPS) is 18.3. The number of benzene rings is 1. The van der Waals surface area contributed by atoms with E-state index in [9.17, 15) is 0 Å². The van der Waals surface area contributed by atoms with Crippen LogP contribution in [0.4, 0.5) is 0 Å². The van der Waals surface area contributed by atoms with E-state index in [1.807, 2.05) is 0 Å². The molecule has 5 nitrogen and oxygen atoms in total. The van der Waals surface area contributed by atoms with Crippen LogP contribution >= 0.6 is 0 Å². The van der Waals surface area contributed by atoms with E-state index < -0.39 is 0 Å². The van der Waals surface area contributed by atoms with Gasteiger partial charge >= 0.3 is 0 Å². The molecule has 0 saturated carbocycles. The van der Waals surface area contributed by atoms with Crippen LogP contribution < -0.4 is 14.8 Å². The van der Waals surface area contributed by atoms with Crippen molar-refractivity contribution in [2.45, 2.75) is 18.9 Å². The van der Waals surface area contributed by atoms with Gasteiger partial charge in [-0.1, -0.05) is 0 Å². The minimum atomic E-state index is 0.333. The fourth-order valence-corrected chi connectivity index (χ4v) is 2.24. The molecular formula is C15H21N2O3+. The Bertz CT molecular complexity index is 465. The van der Waals surface area contributed by atoms with E-state index >= 15 is 0 Å². The predicted octanol–water partition coefficient (Wildman–Crippen LogP) is 0.688. The average Bonchev–Trinajstić information content (AvgIpc) is 2.52. The molecule has 1 atom stereocenters. The predicted molar refractivity (Wildman–Crippen MR) is 73.8 cm³/mol. The van der Waals surface area contributed by atoms with E-state index in [-0.39, 0.29) is 0 Å². The van der Waals surface area contributed by atoms with E-state index in [0.29, 0.717) is 29.8 Å². The van der Waals surface area contributed by atoms with Crippen LogP contribution in [0.2, 0.25) is 0 Å². The molecule has 0 aromatic heterocycles. The molecule has 0 bridgehead atoms. The largest absolute Gasteiger partial charge is 0.493 e. The number of nitrogens with two attached hydrogens (primary N) is 1. The molecule has 1 saturated heterocycles. The number of nitriles is 1. The van der Waals surface area contributed by atoms with Crippen molar-refractivity contribution in [3.8, 4) is 17.6 Å². The third-order valence-electron chi connectivity index (χ3n) is 3.33.